The molecule has 2 aromatic carbocycles. The van der Waals surface area contributed by atoms with E-state index in [0.717, 1.165) is 22.4 Å². The molecule has 1 saturated heterocycles. The van der Waals surface area contributed by atoms with Gasteiger partial charge in [0.25, 0.3) is 5.91 Å². The van der Waals surface area contributed by atoms with E-state index in [0.29, 0.717) is 38.3 Å². The number of hydrogen-bond acceptors (Lipinski definition) is 4. The SMILES string of the molecule is C=CCN1CCN(C(=O)c2cnc(C)cn2)CC(Cc2ccc(-c3ccccc3)cc2)C1=O. The van der Waals surface area contributed by atoms with Crippen LogP contribution in [-0.2, 0) is 11.2 Å². The summed E-state index contributed by atoms with van der Waals surface area (Å²) in [6, 6.07) is 18.5. The molecule has 0 aliphatic carbocycles. The number of nitrogens with zero attached hydrogens (tertiary/aromatic N) is 4. The highest BCUT2D eigenvalue weighted by Crippen LogP contribution is 2.22. The molecule has 6 heteroatoms. The van der Waals surface area contributed by atoms with Gasteiger partial charge in [0.1, 0.15) is 5.69 Å². The second-order valence-electron chi connectivity index (χ2n) is 8.33. The molecule has 1 fully saturated rings. The van der Waals surface area contributed by atoms with Gasteiger partial charge in [-0.2, -0.15) is 0 Å². The molecule has 1 aliphatic rings. The minimum atomic E-state index is -0.336. The Bertz CT molecular complexity index is 1110. The zero-order valence-electron chi connectivity index (χ0n) is 18.9. The van der Waals surface area contributed by atoms with Crippen LogP contribution in [0.2, 0.25) is 0 Å². The van der Waals surface area contributed by atoms with Crippen molar-refractivity contribution in [1.82, 2.24) is 19.8 Å². The van der Waals surface area contributed by atoms with Gasteiger partial charge in [-0.15, -0.1) is 6.58 Å². The van der Waals surface area contributed by atoms with Gasteiger partial charge in [-0.05, 0) is 30.0 Å². The predicted octanol–water partition coefficient (Wildman–Crippen LogP) is 3.78. The number of hydrogen-bond donors (Lipinski definition) is 0. The summed E-state index contributed by atoms with van der Waals surface area (Å²) in [7, 11) is 0. The van der Waals surface area contributed by atoms with Crippen LogP contribution in [0.1, 0.15) is 21.7 Å². The summed E-state index contributed by atoms with van der Waals surface area (Å²) >= 11 is 0. The fourth-order valence-electron chi connectivity index (χ4n) is 4.13. The van der Waals surface area contributed by atoms with Crippen molar-refractivity contribution in [3.8, 4) is 11.1 Å². The Kier molecular flexibility index (Phi) is 6.93. The minimum absolute atomic E-state index is 0.0485. The fourth-order valence-corrected chi connectivity index (χ4v) is 4.13. The highest BCUT2D eigenvalue weighted by molar-refractivity contribution is 5.92. The van der Waals surface area contributed by atoms with Crippen LogP contribution in [0.15, 0.2) is 79.6 Å². The molecular formula is C27H28N4O2. The van der Waals surface area contributed by atoms with Crippen LogP contribution < -0.4 is 0 Å². The van der Waals surface area contributed by atoms with E-state index in [1.54, 1.807) is 22.1 Å². The molecule has 0 spiro atoms. The smallest absolute Gasteiger partial charge is 0.274 e. The standard InChI is InChI=1S/C27H28N4O2/c1-3-13-30-14-15-31(27(33)25-18-28-20(2)17-29-25)19-24(26(30)32)16-21-9-11-23(12-10-21)22-7-5-4-6-8-22/h3-12,17-18,24H,1,13-16,19H2,2H3. The summed E-state index contributed by atoms with van der Waals surface area (Å²) in [6.45, 7) is 7.36. The molecule has 0 N–H and O–H groups in total. The Hall–Kier alpha value is -3.80. The molecule has 2 heterocycles. The molecular weight excluding hydrogens is 412 g/mol. The first kappa shape index (κ1) is 22.4. The summed E-state index contributed by atoms with van der Waals surface area (Å²) in [6.07, 6.45) is 5.38. The van der Waals surface area contributed by atoms with Crippen molar-refractivity contribution in [1.29, 1.82) is 0 Å². The van der Waals surface area contributed by atoms with Gasteiger partial charge in [-0.1, -0.05) is 60.7 Å². The number of benzene rings is 2. The number of rotatable bonds is 6. The van der Waals surface area contributed by atoms with Crippen molar-refractivity contribution in [2.24, 2.45) is 5.92 Å². The third-order valence-electron chi connectivity index (χ3n) is 5.92. The van der Waals surface area contributed by atoms with Crippen LogP contribution in [0.25, 0.3) is 11.1 Å². The van der Waals surface area contributed by atoms with Crippen molar-refractivity contribution >= 4 is 11.8 Å². The van der Waals surface area contributed by atoms with Gasteiger partial charge >= 0.3 is 0 Å². The molecule has 0 saturated carbocycles. The Balaban J connectivity index is 1.54. The van der Waals surface area contributed by atoms with E-state index < -0.39 is 0 Å². The first-order valence-corrected chi connectivity index (χ1v) is 11.2. The van der Waals surface area contributed by atoms with E-state index in [-0.39, 0.29) is 17.7 Å². The third kappa shape index (κ3) is 5.34. The van der Waals surface area contributed by atoms with Gasteiger partial charge in [0, 0.05) is 32.4 Å². The van der Waals surface area contributed by atoms with Crippen molar-refractivity contribution < 1.29 is 9.59 Å². The van der Waals surface area contributed by atoms with Crippen LogP contribution in [0, 0.1) is 12.8 Å². The van der Waals surface area contributed by atoms with E-state index in [1.165, 1.54) is 6.20 Å². The van der Waals surface area contributed by atoms with Gasteiger partial charge in [0.2, 0.25) is 5.91 Å². The average molecular weight is 441 g/mol. The highest BCUT2D eigenvalue weighted by Gasteiger charge is 2.32. The van der Waals surface area contributed by atoms with Gasteiger partial charge in [-0.25, -0.2) is 4.98 Å². The molecule has 0 bridgehead atoms. The van der Waals surface area contributed by atoms with Crippen molar-refractivity contribution in [3.05, 3.63) is 96.6 Å². The average Bonchev–Trinajstić information content (AvgIpc) is 3.00. The third-order valence-corrected chi connectivity index (χ3v) is 5.92. The number of aryl methyl sites for hydroxylation is 1. The fraction of sp³-hybridized carbons (Fsp3) is 0.259. The van der Waals surface area contributed by atoms with Crippen LogP contribution in [0.5, 0.6) is 0 Å². The van der Waals surface area contributed by atoms with Crippen molar-refractivity contribution in [2.45, 2.75) is 13.3 Å². The van der Waals surface area contributed by atoms with Crippen LogP contribution >= 0.6 is 0 Å². The Morgan fingerprint density at radius 1 is 1.03 bits per heavy atom. The van der Waals surface area contributed by atoms with Crippen LogP contribution in [0.4, 0.5) is 0 Å². The molecule has 6 nitrogen and oxygen atoms in total. The maximum Gasteiger partial charge on any atom is 0.274 e. The van der Waals surface area contributed by atoms with E-state index >= 15 is 0 Å². The van der Waals surface area contributed by atoms with E-state index in [2.05, 4.69) is 52.9 Å². The van der Waals surface area contributed by atoms with Crippen molar-refractivity contribution in [3.63, 3.8) is 0 Å². The second kappa shape index (κ2) is 10.2. The van der Waals surface area contributed by atoms with Gasteiger partial charge < -0.3 is 9.80 Å². The van der Waals surface area contributed by atoms with Crippen molar-refractivity contribution in [2.75, 3.05) is 26.2 Å². The Morgan fingerprint density at radius 2 is 1.76 bits per heavy atom. The molecule has 1 atom stereocenters. The number of amides is 2. The molecule has 1 aromatic heterocycles. The molecule has 0 radical (unpaired) electrons. The summed E-state index contributed by atoms with van der Waals surface area (Å²) in [5.74, 6) is -0.482. The number of carbonyl (C=O) groups is 2. The Morgan fingerprint density at radius 3 is 2.42 bits per heavy atom. The molecule has 2 amide bonds. The normalized spacial score (nSPS) is 16.4. The lowest BCUT2D eigenvalue weighted by Gasteiger charge is -2.23. The van der Waals surface area contributed by atoms with Gasteiger partial charge in [-0.3, -0.25) is 14.6 Å². The maximum absolute atomic E-state index is 13.3. The summed E-state index contributed by atoms with van der Waals surface area (Å²) < 4.78 is 0. The lowest BCUT2D eigenvalue weighted by Crippen LogP contribution is -2.38. The zero-order valence-corrected chi connectivity index (χ0v) is 18.9. The largest absolute Gasteiger partial charge is 0.337 e. The summed E-state index contributed by atoms with van der Waals surface area (Å²) in [4.78, 5) is 38.3. The van der Waals surface area contributed by atoms with E-state index in [9.17, 15) is 9.59 Å². The Labute approximate surface area is 194 Å². The van der Waals surface area contributed by atoms with Gasteiger partial charge in [0.15, 0.2) is 0 Å². The molecule has 4 rings (SSSR count). The minimum Gasteiger partial charge on any atom is -0.337 e. The summed E-state index contributed by atoms with van der Waals surface area (Å²) in [5, 5.41) is 0. The first-order valence-electron chi connectivity index (χ1n) is 11.2. The quantitative estimate of drug-likeness (QED) is 0.547. The zero-order chi connectivity index (χ0) is 23.2. The van der Waals surface area contributed by atoms with E-state index in [1.807, 2.05) is 25.1 Å². The topological polar surface area (TPSA) is 66.4 Å². The molecule has 168 valence electrons. The van der Waals surface area contributed by atoms with Gasteiger partial charge in [0.05, 0.1) is 17.8 Å². The predicted molar refractivity (Wildman–Crippen MR) is 129 cm³/mol. The van der Waals surface area contributed by atoms with Crippen LogP contribution in [-0.4, -0.2) is 57.8 Å². The van der Waals surface area contributed by atoms with E-state index in [4.69, 9.17) is 0 Å². The second-order valence-corrected chi connectivity index (χ2v) is 8.33. The molecule has 1 aliphatic heterocycles. The monoisotopic (exact) mass is 440 g/mol. The first-order chi connectivity index (χ1) is 16.0. The molecule has 3 aromatic rings. The highest BCUT2D eigenvalue weighted by atomic mass is 16.2. The molecule has 1 unspecified atom stereocenters. The number of carbonyl (C=O) groups excluding carboxylic acids is 2. The number of aromatic nitrogens is 2. The van der Waals surface area contributed by atoms with Crippen LogP contribution in [0.3, 0.4) is 0 Å². The maximum atomic E-state index is 13.3. The molecule has 33 heavy (non-hydrogen) atoms. The summed E-state index contributed by atoms with van der Waals surface area (Å²) in [5.41, 5.74) is 4.41. The lowest BCUT2D eigenvalue weighted by atomic mass is 9.95. The lowest BCUT2D eigenvalue weighted by molar-refractivity contribution is -0.134.